The number of rotatable bonds is 7. The SMILES string of the molecule is CCNC(=NCc1ccc(C(=O)NC)cc1)NC(C)Cc1ccc(C)s1.I. The molecule has 0 aliphatic rings. The second-order valence-electron chi connectivity index (χ2n) is 6.23. The molecule has 5 nitrogen and oxygen atoms in total. The molecule has 148 valence electrons. The summed E-state index contributed by atoms with van der Waals surface area (Å²) in [4.78, 5) is 19.0. The van der Waals surface area contributed by atoms with Gasteiger partial charge in [-0.15, -0.1) is 35.3 Å². The number of hydrogen-bond acceptors (Lipinski definition) is 3. The Morgan fingerprint density at radius 1 is 1.19 bits per heavy atom. The molecule has 1 heterocycles. The van der Waals surface area contributed by atoms with Gasteiger partial charge in [-0.3, -0.25) is 4.79 Å². The number of aliphatic imine (C=N–C) groups is 1. The molecule has 0 radical (unpaired) electrons. The summed E-state index contributed by atoms with van der Waals surface area (Å²) in [6, 6.07) is 12.2. The zero-order valence-corrected chi connectivity index (χ0v) is 19.5. The highest BCUT2D eigenvalue weighted by molar-refractivity contribution is 14.0. The lowest BCUT2D eigenvalue weighted by molar-refractivity contribution is 0.0963. The Balaban J connectivity index is 0.00000364. The van der Waals surface area contributed by atoms with E-state index in [0.717, 1.165) is 24.5 Å². The Kier molecular flexibility index (Phi) is 10.4. The Morgan fingerprint density at radius 3 is 2.44 bits per heavy atom. The van der Waals surface area contributed by atoms with Crippen LogP contribution >= 0.6 is 35.3 Å². The number of amides is 1. The van der Waals surface area contributed by atoms with Crippen LogP contribution in [-0.4, -0.2) is 31.5 Å². The molecular formula is C20H29IN4OS. The molecule has 1 amide bonds. The van der Waals surface area contributed by atoms with Gasteiger partial charge in [-0.2, -0.15) is 0 Å². The number of nitrogens with one attached hydrogen (secondary N) is 3. The average Bonchev–Trinajstić information content (AvgIpc) is 3.04. The van der Waals surface area contributed by atoms with Gasteiger partial charge in [0, 0.05) is 41.4 Å². The van der Waals surface area contributed by atoms with Gasteiger partial charge < -0.3 is 16.0 Å². The first-order chi connectivity index (χ1) is 12.5. The van der Waals surface area contributed by atoms with Gasteiger partial charge in [0.05, 0.1) is 6.54 Å². The van der Waals surface area contributed by atoms with E-state index < -0.39 is 0 Å². The molecule has 2 aromatic rings. The summed E-state index contributed by atoms with van der Waals surface area (Å²) < 4.78 is 0. The Labute approximate surface area is 183 Å². The number of hydrogen-bond donors (Lipinski definition) is 3. The molecule has 0 spiro atoms. The predicted octanol–water partition coefficient (Wildman–Crippen LogP) is 3.72. The van der Waals surface area contributed by atoms with Crippen LogP contribution in [0.25, 0.3) is 0 Å². The summed E-state index contributed by atoms with van der Waals surface area (Å²) in [6.45, 7) is 7.73. The summed E-state index contributed by atoms with van der Waals surface area (Å²) in [7, 11) is 1.63. The first-order valence-corrected chi connectivity index (χ1v) is 9.74. The first-order valence-electron chi connectivity index (χ1n) is 8.93. The van der Waals surface area contributed by atoms with Gasteiger partial charge in [-0.25, -0.2) is 4.99 Å². The number of thiophene rings is 1. The molecule has 1 unspecified atom stereocenters. The van der Waals surface area contributed by atoms with Crippen LogP contribution in [0, 0.1) is 6.92 Å². The van der Waals surface area contributed by atoms with Gasteiger partial charge in [0.1, 0.15) is 0 Å². The molecule has 3 N–H and O–H groups in total. The van der Waals surface area contributed by atoms with Gasteiger partial charge in [0.15, 0.2) is 5.96 Å². The highest BCUT2D eigenvalue weighted by atomic mass is 127. The largest absolute Gasteiger partial charge is 0.357 e. The van der Waals surface area contributed by atoms with E-state index in [2.05, 4.69) is 53.8 Å². The Bertz CT molecular complexity index is 743. The molecular weight excluding hydrogens is 471 g/mol. The van der Waals surface area contributed by atoms with E-state index in [1.807, 2.05) is 35.6 Å². The zero-order chi connectivity index (χ0) is 18.9. The molecule has 27 heavy (non-hydrogen) atoms. The van der Waals surface area contributed by atoms with Crippen molar-refractivity contribution in [1.82, 2.24) is 16.0 Å². The van der Waals surface area contributed by atoms with Crippen molar-refractivity contribution in [3.8, 4) is 0 Å². The van der Waals surface area contributed by atoms with E-state index in [0.29, 0.717) is 18.2 Å². The first kappa shape index (κ1) is 23.4. The van der Waals surface area contributed by atoms with Gasteiger partial charge in [-0.05, 0) is 50.6 Å². The van der Waals surface area contributed by atoms with Gasteiger partial charge >= 0.3 is 0 Å². The molecule has 1 aromatic carbocycles. The second kappa shape index (κ2) is 12.0. The van der Waals surface area contributed by atoms with Crippen molar-refractivity contribution in [2.24, 2.45) is 4.99 Å². The van der Waals surface area contributed by atoms with Crippen molar-refractivity contribution in [2.75, 3.05) is 13.6 Å². The number of halogens is 1. The van der Waals surface area contributed by atoms with E-state index in [1.54, 1.807) is 7.05 Å². The minimum absolute atomic E-state index is 0. The number of aryl methyl sites for hydroxylation is 1. The maximum Gasteiger partial charge on any atom is 0.251 e. The molecule has 0 saturated carbocycles. The van der Waals surface area contributed by atoms with Gasteiger partial charge in [0.2, 0.25) is 0 Å². The molecule has 0 fully saturated rings. The fourth-order valence-electron chi connectivity index (χ4n) is 2.58. The Hall–Kier alpha value is -1.61. The molecule has 7 heteroatoms. The highest BCUT2D eigenvalue weighted by Crippen LogP contribution is 2.16. The zero-order valence-electron chi connectivity index (χ0n) is 16.3. The molecule has 2 rings (SSSR count). The molecule has 0 saturated heterocycles. The summed E-state index contributed by atoms with van der Waals surface area (Å²) in [5.41, 5.74) is 1.72. The lowest BCUT2D eigenvalue weighted by Gasteiger charge is -2.17. The van der Waals surface area contributed by atoms with Crippen LogP contribution in [0.5, 0.6) is 0 Å². The topological polar surface area (TPSA) is 65.5 Å². The standard InChI is InChI=1S/C20H28N4OS.HI/c1-5-22-20(24-14(2)12-18-11-6-15(3)26-18)23-13-16-7-9-17(10-8-16)19(25)21-4;/h6-11,14H,5,12-13H2,1-4H3,(H,21,25)(H2,22,23,24);1H. The van der Waals surface area contributed by atoms with Crippen LogP contribution < -0.4 is 16.0 Å². The van der Waals surface area contributed by atoms with E-state index >= 15 is 0 Å². The minimum atomic E-state index is -0.0762. The summed E-state index contributed by atoms with van der Waals surface area (Å²) >= 11 is 1.84. The van der Waals surface area contributed by atoms with Gasteiger partial charge in [0.25, 0.3) is 5.91 Å². The average molecular weight is 500 g/mol. The van der Waals surface area contributed by atoms with Crippen LogP contribution in [0.4, 0.5) is 0 Å². The van der Waals surface area contributed by atoms with Crippen molar-refractivity contribution in [3.63, 3.8) is 0 Å². The summed E-state index contributed by atoms with van der Waals surface area (Å²) in [5, 5.41) is 9.38. The molecule has 0 aliphatic heterocycles. The maximum atomic E-state index is 11.6. The van der Waals surface area contributed by atoms with Crippen molar-refractivity contribution in [2.45, 2.75) is 39.8 Å². The van der Waals surface area contributed by atoms with Crippen molar-refractivity contribution in [3.05, 3.63) is 57.3 Å². The second-order valence-corrected chi connectivity index (χ2v) is 7.61. The molecule has 1 aromatic heterocycles. The van der Waals surface area contributed by atoms with E-state index in [4.69, 9.17) is 0 Å². The normalized spacial score (nSPS) is 12.1. The van der Waals surface area contributed by atoms with Crippen molar-refractivity contribution < 1.29 is 4.79 Å². The fraction of sp³-hybridized carbons (Fsp3) is 0.400. The molecule has 1 atom stereocenters. The predicted molar refractivity (Wildman–Crippen MR) is 125 cm³/mol. The maximum absolute atomic E-state index is 11.6. The highest BCUT2D eigenvalue weighted by Gasteiger charge is 2.08. The summed E-state index contributed by atoms with van der Waals surface area (Å²) in [6.07, 6.45) is 0.976. The van der Waals surface area contributed by atoms with Crippen LogP contribution in [0.1, 0.15) is 39.5 Å². The number of carbonyl (C=O) groups is 1. The monoisotopic (exact) mass is 500 g/mol. The lowest BCUT2D eigenvalue weighted by atomic mass is 10.1. The number of benzene rings is 1. The van der Waals surface area contributed by atoms with E-state index in [1.165, 1.54) is 9.75 Å². The van der Waals surface area contributed by atoms with Crippen LogP contribution in [0.2, 0.25) is 0 Å². The molecule has 0 bridgehead atoms. The van der Waals surface area contributed by atoms with Crippen LogP contribution in [-0.2, 0) is 13.0 Å². The van der Waals surface area contributed by atoms with Crippen molar-refractivity contribution in [1.29, 1.82) is 0 Å². The Morgan fingerprint density at radius 2 is 1.89 bits per heavy atom. The van der Waals surface area contributed by atoms with Crippen LogP contribution in [0.15, 0.2) is 41.4 Å². The third-order valence-electron chi connectivity index (χ3n) is 3.89. The smallest absolute Gasteiger partial charge is 0.251 e. The molecule has 0 aliphatic carbocycles. The van der Waals surface area contributed by atoms with Crippen LogP contribution in [0.3, 0.4) is 0 Å². The van der Waals surface area contributed by atoms with E-state index in [-0.39, 0.29) is 29.9 Å². The van der Waals surface area contributed by atoms with E-state index in [9.17, 15) is 4.79 Å². The minimum Gasteiger partial charge on any atom is -0.357 e. The van der Waals surface area contributed by atoms with Crippen molar-refractivity contribution >= 4 is 47.2 Å². The third kappa shape index (κ3) is 7.88. The van der Waals surface area contributed by atoms with Gasteiger partial charge in [-0.1, -0.05) is 12.1 Å². The number of guanidine groups is 1. The summed E-state index contributed by atoms with van der Waals surface area (Å²) in [5.74, 6) is 0.733. The number of nitrogens with zero attached hydrogens (tertiary/aromatic N) is 1. The quantitative estimate of drug-likeness (QED) is 0.309. The third-order valence-corrected chi connectivity index (χ3v) is 4.92. The number of carbonyl (C=O) groups excluding carboxylic acids is 1. The lowest BCUT2D eigenvalue weighted by Crippen LogP contribution is -2.43. The fourth-order valence-corrected chi connectivity index (χ4v) is 3.60.